The lowest BCUT2D eigenvalue weighted by Crippen LogP contribution is -2.26. The molecule has 3 nitrogen and oxygen atoms in total. The molecule has 0 aliphatic heterocycles. The molecule has 0 saturated carbocycles. The molecule has 0 saturated heterocycles. The molecule has 1 N–H and O–H groups in total. The van der Waals surface area contributed by atoms with Crippen LogP contribution in [0.2, 0.25) is 15.1 Å². The van der Waals surface area contributed by atoms with Crippen LogP contribution in [0.15, 0.2) is 52.5 Å². The van der Waals surface area contributed by atoms with Gasteiger partial charge in [-0.2, -0.15) is 5.10 Å². The van der Waals surface area contributed by atoms with Crippen molar-refractivity contribution in [1.82, 2.24) is 5.43 Å². The fourth-order valence-corrected chi connectivity index (χ4v) is 3.14. The molecule has 0 heterocycles. The molecule has 1 amide bonds. The third-order valence-electron chi connectivity index (χ3n) is 2.86. The van der Waals surface area contributed by atoms with Gasteiger partial charge in [-0.15, -0.1) is 11.8 Å². The van der Waals surface area contributed by atoms with Crippen LogP contribution in [0.1, 0.15) is 12.5 Å². The summed E-state index contributed by atoms with van der Waals surface area (Å²) < 4.78 is 0. The van der Waals surface area contributed by atoms with Crippen molar-refractivity contribution in [2.45, 2.75) is 17.1 Å². The van der Waals surface area contributed by atoms with E-state index < -0.39 is 0 Å². The van der Waals surface area contributed by atoms with E-state index in [-0.39, 0.29) is 11.2 Å². The molecule has 2 rings (SSSR count). The van der Waals surface area contributed by atoms with Gasteiger partial charge >= 0.3 is 0 Å². The Balaban J connectivity index is 1.93. The summed E-state index contributed by atoms with van der Waals surface area (Å²) in [5.41, 5.74) is 3.05. The Bertz CT molecular complexity index is 700. The lowest BCUT2D eigenvalue weighted by atomic mass is 10.2. The molecule has 0 bridgehead atoms. The molecule has 23 heavy (non-hydrogen) atoms. The van der Waals surface area contributed by atoms with E-state index in [1.54, 1.807) is 37.3 Å². The van der Waals surface area contributed by atoms with Gasteiger partial charge in [0.05, 0.1) is 21.5 Å². The van der Waals surface area contributed by atoms with E-state index in [9.17, 15) is 4.79 Å². The Morgan fingerprint density at radius 3 is 2.35 bits per heavy atom. The second-order valence-corrected chi connectivity index (χ2v) is 7.25. The topological polar surface area (TPSA) is 41.5 Å². The zero-order valence-corrected chi connectivity index (χ0v) is 15.2. The number of benzene rings is 2. The number of rotatable bonds is 5. The lowest BCUT2D eigenvalue weighted by Gasteiger charge is -2.09. The van der Waals surface area contributed by atoms with Crippen LogP contribution >= 0.6 is 46.6 Å². The summed E-state index contributed by atoms with van der Waals surface area (Å²) in [6, 6.07) is 12.4. The first-order valence-corrected chi connectivity index (χ1v) is 8.68. The maximum atomic E-state index is 12.0. The Morgan fingerprint density at radius 2 is 1.74 bits per heavy atom. The van der Waals surface area contributed by atoms with Gasteiger partial charge in [-0.1, -0.05) is 40.9 Å². The van der Waals surface area contributed by atoms with Crippen molar-refractivity contribution >= 4 is 58.7 Å². The van der Waals surface area contributed by atoms with E-state index in [1.807, 2.05) is 12.1 Å². The van der Waals surface area contributed by atoms with Crippen LogP contribution < -0.4 is 5.43 Å². The Labute approximate surface area is 154 Å². The molecule has 7 heteroatoms. The summed E-state index contributed by atoms with van der Waals surface area (Å²) in [4.78, 5) is 13.0. The number of thioether (sulfide) groups is 1. The van der Waals surface area contributed by atoms with Crippen LogP contribution in [-0.4, -0.2) is 17.4 Å². The van der Waals surface area contributed by atoms with Crippen molar-refractivity contribution in [2.75, 3.05) is 0 Å². The number of halogens is 3. The van der Waals surface area contributed by atoms with Crippen molar-refractivity contribution in [3.8, 4) is 0 Å². The number of hydrazone groups is 1. The SMILES string of the molecule is C[C@@H](Sc1ccc(Cl)cc1)C(=O)N/N=C\c1c(Cl)cccc1Cl. The lowest BCUT2D eigenvalue weighted by molar-refractivity contribution is -0.120. The van der Waals surface area contributed by atoms with Crippen molar-refractivity contribution in [3.63, 3.8) is 0 Å². The number of hydrogen-bond donors (Lipinski definition) is 1. The van der Waals surface area contributed by atoms with E-state index in [2.05, 4.69) is 10.5 Å². The average Bonchev–Trinajstić information content (AvgIpc) is 2.52. The molecule has 0 spiro atoms. The van der Waals surface area contributed by atoms with Crippen molar-refractivity contribution in [1.29, 1.82) is 0 Å². The first-order chi connectivity index (χ1) is 11.0. The minimum atomic E-state index is -0.310. The van der Waals surface area contributed by atoms with Crippen LogP contribution in [0, 0.1) is 0 Å². The van der Waals surface area contributed by atoms with Gasteiger partial charge in [0.25, 0.3) is 5.91 Å². The number of carbonyl (C=O) groups excluding carboxylic acids is 1. The normalized spacial score (nSPS) is 12.3. The van der Waals surface area contributed by atoms with Crippen LogP contribution in [-0.2, 0) is 4.79 Å². The molecular formula is C16H13Cl3N2OS. The van der Waals surface area contributed by atoms with Crippen molar-refractivity contribution < 1.29 is 4.79 Å². The minimum absolute atomic E-state index is 0.218. The van der Waals surface area contributed by atoms with Crippen molar-refractivity contribution in [2.24, 2.45) is 5.10 Å². The minimum Gasteiger partial charge on any atom is -0.272 e. The van der Waals surface area contributed by atoms with Crippen LogP contribution in [0.3, 0.4) is 0 Å². The van der Waals surface area contributed by atoms with Gasteiger partial charge in [-0.25, -0.2) is 5.43 Å². The number of nitrogens with one attached hydrogen (secondary N) is 1. The van der Waals surface area contributed by atoms with E-state index >= 15 is 0 Å². The largest absolute Gasteiger partial charge is 0.272 e. The summed E-state index contributed by atoms with van der Waals surface area (Å²) in [7, 11) is 0. The predicted molar refractivity (Wildman–Crippen MR) is 99.0 cm³/mol. The van der Waals surface area contributed by atoms with Gasteiger partial charge in [0, 0.05) is 15.5 Å². The Hall–Kier alpha value is -1.20. The van der Waals surface area contributed by atoms with Crippen LogP contribution in [0.5, 0.6) is 0 Å². The molecule has 1 atom stereocenters. The standard InChI is InChI=1S/C16H13Cl3N2OS/c1-10(23-12-7-5-11(17)6-8-12)16(22)21-20-9-13-14(18)3-2-4-15(13)19/h2-10H,1H3,(H,21,22)/b20-9-/t10-/m1/s1. The van der Waals surface area contributed by atoms with Crippen molar-refractivity contribution in [3.05, 3.63) is 63.1 Å². The summed E-state index contributed by atoms with van der Waals surface area (Å²) >= 11 is 19.3. The summed E-state index contributed by atoms with van der Waals surface area (Å²) in [6.07, 6.45) is 1.43. The fraction of sp³-hybridized carbons (Fsp3) is 0.125. The quantitative estimate of drug-likeness (QED) is 0.431. The number of amides is 1. The van der Waals surface area contributed by atoms with Gasteiger partial charge < -0.3 is 0 Å². The molecule has 0 aromatic heterocycles. The zero-order chi connectivity index (χ0) is 16.8. The molecule has 0 unspecified atom stereocenters. The summed E-state index contributed by atoms with van der Waals surface area (Å²) in [5.74, 6) is -0.218. The highest BCUT2D eigenvalue weighted by atomic mass is 35.5. The predicted octanol–water partition coefficient (Wildman–Crippen LogP) is 5.28. The van der Waals surface area contributed by atoms with Gasteiger partial charge in [0.15, 0.2) is 0 Å². The van der Waals surface area contributed by atoms with E-state index in [0.29, 0.717) is 20.6 Å². The highest BCUT2D eigenvalue weighted by Gasteiger charge is 2.13. The molecule has 120 valence electrons. The first kappa shape index (κ1) is 18.1. The number of carbonyl (C=O) groups is 1. The average molecular weight is 388 g/mol. The molecule has 0 aliphatic rings. The van der Waals surface area contributed by atoms with Gasteiger partial charge in [-0.3, -0.25) is 4.79 Å². The first-order valence-electron chi connectivity index (χ1n) is 6.66. The fourth-order valence-electron chi connectivity index (χ4n) is 1.66. The Morgan fingerprint density at radius 1 is 1.13 bits per heavy atom. The van der Waals surface area contributed by atoms with E-state index in [1.165, 1.54) is 18.0 Å². The zero-order valence-electron chi connectivity index (χ0n) is 12.1. The maximum Gasteiger partial charge on any atom is 0.253 e. The molecule has 0 aliphatic carbocycles. The smallest absolute Gasteiger partial charge is 0.253 e. The van der Waals surface area contributed by atoms with Gasteiger partial charge in [0.2, 0.25) is 0 Å². The Kier molecular flexibility index (Phi) is 6.78. The highest BCUT2D eigenvalue weighted by Crippen LogP contribution is 2.25. The second-order valence-electron chi connectivity index (χ2n) is 4.58. The number of hydrogen-bond acceptors (Lipinski definition) is 3. The molecule has 0 radical (unpaired) electrons. The third kappa shape index (κ3) is 5.43. The molecule has 2 aromatic rings. The van der Waals surface area contributed by atoms with E-state index in [4.69, 9.17) is 34.8 Å². The maximum absolute atomic E-state index is 12.0. The van der Waals surface area contributed by atoms with E-state index in [0.717, 1.165) is 4.90 Å². The summed E-state index contributed by atoms with van der Waals surface area (Å²) in [6.45, 7) is 1.80. The molecule has 0 fully saturated rings. The second kappa shape index (κ2) is 8.60. The monoisotopic (exact) mass is 386 g/mol. The van der Waals surface area contributed by atoms with Gasteiger partial charge in [0.1, 0.15) is 0 Å². The molecule has 2 aromatic carbocycles. The van der Waals surface area contributed by atoms with Crippen LogP contribution in [0.25, 0.3) is 0 Å². The third-order valence-corrected chi connectivity index (χ3v) is 4.89. The van der Waals surface area contributed by atoms with Gasteiger partial charge in [-0.05, 0) is 43.3 Å². The molecular weight excluding hydrogens is 375 g/mol. The number of nitrogens with zero attached hydrogens (tertiary/aromatic N) is 1. The van der Waals surface area contributed by atoms with Crippen LogP contribution in [0.4, 0.5) is 0 Å². The summed E-state index contributed by atoms with van der Waals surface area (Å²) in [5, 5.41) is 5.20. The highest BCUT2D eigenvalue weighted by molar-refractivity contribution is 8.00.